The molecule has 1 heterocycles. The van der Waals surface area contributed by atoms with Gasteiger partial charge in [0, 0.05) is 13.1 Å². The van der Waals surface area contributed by atoms with Crippen LogP contribution in [0.15, 0.2) is 0 Å². The van der Waals surface area contributed by atoms with Crippen molar-refractivity contribution in [3.63, 3.8) is 0 Å². The van der Waals surface area contributed by atoms with Gasteiger partial charge in [-0.05, 0) is 32.6 Å². The van der Waals surface area contributed by atoms with Gasteiger partial charge in [0.15, 0.2) is 0 Å². The van der Waals surface area contributed by atoms with Gasteiger partial charge in [0.1, 0.15) is 5.41 Å². The van der Waals surface area contributed by atoms with Crippen molar-refractivity contribution in [3.8, 4) is 6.07 Å². The minimum atomic E-state index is -0.740. The molecule has 2 aliphatic rings. The lowest BCUT2D eigenvalue weighted by molar-refractivity contribution is -0.156. The highest BCUT2D eigenvalue weighted by molar-refractivity contribution is 5.86. The van der Waals surface area contributed by atoms with E-state index in [9.17, 15) is 10.1 Å². The summed E-state index contributed by atoms with van der Waals surface area (Å²) >= 11 is 0. The first-order valence-electron chi connectivity index (χ1n) is 6.33. The summed E-state index contributed by atoms with van der Waals surface area (Å²) in [6, 6.07) is 2.24. The molecule has 0 radical (unpaired) electrons. The second kappa shape index (κ2) is 4.30. The number of carbonyl (C=O) groups is 1. The molecule has 2 atom stereocenters. The normalized spacial score (nSPS) is 41.5. The molecule has 1 aliphatic heterocycles. The highest BCUT2D eigenvalue weighted by Gasteiger charge is 2.51. The van der Waals surface area contributed by atoms with Crippen molar-refractivity contribution in [1.82, 2.24) is 4.90 Å². The van der Waals surface area contributed by atoms with Crippen molar-refractivity contribution < 1.29 is 9.53 Å². The Morgan fingerprint density at radius 2 is 1.82 bits per heavy atom. The van der Waals surface area contributed by atoms with Crippen molar-refractivity contribution in [2.75, 3.05) is 13.1 Å². The van der Waals surface area contributed by atoms with Crippen LogP contribution in [-0.4, -0.2) is 36.1 Å². The quantitative estimate of drug-likeness (QED) is 0.694. The summed E-state index contributed by atoms with van der Waals surface area (Å²) in [5, 5.41) is 9.26. The van der Waals surface area contributed by atoms with E-state index in [1.807, 2.05) is 18.7 Å². The molecule has 1 saturated carbocycles. The molecule has 0 unspecified atom stereocenters. The first-order valence-corrected chi connectivity index (χ1v) is 6.33. The Bertz CT molecular complexity index is 345. The monoisotopic (exact) mass is 236 g/mol. The first-order chi connectivity index (χ1) is 7.97. The molecule has 17 heavy (non-hydrogen) atoms. The molecule has 0 N–H and O–H groups in total. The summed E-state index contributed by atoms with van der Waals surface area (Å²) in [5.74, 6) is 0.509. The number of amides is 1. The van der Waals surface area contributed by atoms with Crippen molar-refractivity contribution in [2.45, 2.75) is 45.8 Å². The molecule has 4 nitrogen and oxygen atoms in total. The van der Waals surface area contributed by atoms with Crippen LogP contribution in [0.5, 0.6) is 0 Å². The lowest BCUT2D eigenvalue weighted by Crippen LogP contribution is -2.56. The van der Waals surface area contributed by atoms with Gasteiger partial charge in [-0.3, -0.25) is 4.79 Å². The molecule has 1 saturated heterocycles. The van der Waals surface area contributed by atoms with Crippen molar-refractivity contribution >= 4 is 5.91 Å². The fourth-order valence-electron chi connectivity index (χ4n) is 3.09. The van der Waals surface area contributed by atoms with Gasteiger partial charge in [0.25, 0.3) is 0 Å². The third-order valence-electron chi connectivity index (χ3n) is 3.72. The van der Waals surface area contributed by atoms with Crippen LogP contribution in [0.1, 0.15) is 33.6 Å². The largest absolute Gasteiger partial charge is 0.372 e. The minimum absolute atomic E-state index is 0.0140. The van der Waals surface area contributed by atoms with Gasteiger partial charge in [-0.15, -0.1) is 0 Å². The van der Waals surface area contributed by atoms with E-state index in [0.29, 0.717) is 31.8 Å². The lowest BCUT2D eigenvalue weighted by Gasteiger charge is -2.45. The van der Waals surface area contributed by atoms with Crippen LogP contribution in [-0.2, 0) is 9.53 Å². The second-order valence-electron chi connectivity index (χ2n) is 5.67. The minimum Gasteiger partial charge on any atom is -0.372 e. The highest BCUT2D eigenvalue weighted by atomic mass is 16.5. The van der Waals surface area contributed by atoms with Gasteiger partial charge in [0.2, 0.25) is 5.91 Å². The number of hydrogen-bond donors (Lipinski definition) is 0. The van der Waals surface area contributed by atoms with Crippen molar-refractivity contribution in [1.29, 1.82) is 5.26 Å². The summed E-state index contributed by atoms with van der Waals surface area (Å²) in [5.41, 5.74) is -0.740. The molecule has 1 amide bonds. The predicted octanol–water partition coefficient (Wildman–Crippen LogP) is 1.56. The number of rotatable bonds is 1. The highest BCUT2D eigenvalue weighted by Crippen LogP contribution is 2.46. The molecule has 0 aromatic rings. The zero-order chi connectivity index (χ0) is 12.6. The topological polar surface area (TPSA) is 53.3 Å². The SMILES string of the molecule is CC1CC(C#N)(C(=O)N2C[C@@H](C)O[C@@H](C)C2)C1. The Hall–Kier alpha value is -1.08. The molecule has 0 spiro atoms. The molecule has 2 fully saturated rings. The number of carbonyl (C=O) groups excluding carboxylic acids is 1. The van der Waals surface area contributed by atoms with Crippen LogP contribution < -0.4 is 0 Å². The van der Waals surface area contributed by atoms with Gasteiger partial charge in [-0.2, -0.15) is 5.26 Å². The first kappa shape index (κ1) is 12.4. The van der Waals surface area contributed by atoms with E-state index in [-0.39, 0.29) is 18.1 Å². The smallest absolute Gasteiger partial charge is 0.243 e. The van der Waals surface area contributed by atoms with E-state index in [1.54, 1.807) is 0 Å². The Kier molecular flexibility index (Phi) is 3.13. The molecule has 4 heteroatoms. The van der Waals surface area contributed by atoms with Crippen LogP contribution in [0.25, 0.3) is 0 Å². The van der Waals surface area contributed by atoms with E-state index in [4.69, 9.17) is 4.74 Å². The van der Waals surface area contributed by atoms with Crippen LogP contribution >= 0.6 is 0 Å². The maximum absolute atomic E-state index is 12.4. The van der Waals surface area contributed by atoms with Gasteiger partial charge >= 0.3 is 0 Å². The van der Waals surface area contributed by atoms with Crippen LogP contribution in [0, 0.1) is 22.7 Å². The Morgan fingerprint density at radius 3 is 2.24 bits per heavy atom. The third kappa shape index (κ3) is 2.16. The summed E-state index contributed by atoms with van der Waals surface area (Å²) in [6.45, 7) is 7.26. The van der Waals surface area contributed by atoms with Gasteiger partial charge < -0.3 is 9.64 Å². The number of ether oxygens (including phenoxy) is 1. The average molecular weight is 236 g/mol. The Labute approximate surface area is 103 Å². The third-order valence-corrected chi connectivity index (χ3v) is 3.72. The summed E-state index contributed by atoms with van der Waals surface area (Å²) in [4.78, 5) is 14.2. The van der Waals surface area contributed by atoms with Gasteiger partial charge in [-0.1, -0.05) is 6.92 Å². The summed E-state index contributed by atoms with van der Waals surface area (Å²) in [7, 11) is 0. The number of nitrogens with zero attached hydrogens (tertiary/aromatic N) is 2. The van der Waals surface area contributed by atoms with E-state index in [0.717, 1.165) is 0 Å². The van der Waals surface area contributed by atoms with E-state index in [2.05, 4.69) is 13.0 Å². The molecule has 0 aromatic carbocycles. The molecule has 0 bridgehead atoms. The van der Waals surface area contributed by atoms with E-state index < -0.39 is 5.41 Å². The Morgan fingerprint density at radius 1 is 1.29 bits per heavy atom. The van der Waals surface area contributed by atoms with Crippen molar-refractivity contribution in [3.05, 3.63) is 0 Å². The molecular weight excluding hydrogens is 216 g/mol. The fraction of sp³-hybridized carbons (Fsp3) is 0.846. The maximum Gasteiger partial charge on any atom is 0.243 e. The maximum atomic E-state index is 12.4. The lowest BCUT2D eigenvalue weighted by atomic mass is 9.62. The van der Waals surface area contributed by atoms with E-state index >= 15 is 0 Å². The molecule has 0 aromatic heterocycles. The molecule has 1 aliphatic carbocycles. The fourth-order valence-corrected chi connectivity index (χ4v) is 3.09. The van der Waals surface area contributed by atoms with Crippen LogP contribution in [0.2, 0.25) is 0 Å². The second-order valence-corrected chi connectivity index (χ2v) is 5.67. The number of nitriles is 1. The zero-order valence-electron chi connectivity index (χ0n) is 10.8. The predicted molar refractivity (Wildman–Crippen MR) is 63.0 cm³/mol. The summed E-state index contributed by atoms with van der Waals surface area (Å²) in [6.07, 6.45) is 1.55. The summed E-state index contributed by atoms with van der Waals surface area (Å²) < 4.78 is 5.61. The molecule has 94 valence electrons. The van der Waals surface area contributed by atoms with Crippen LogP contribution in [0.3, 0.4) is 0 Å². The standard InChI is InChI=1S/C13H20N2O2/c1-9-4-13(5-9,8-14)12(16)15-6-10(2)17-11(3)7-15/h9-11H,4-7H2,1-3H3/t9?,10-,11+,13?. The average Bonchev–Trinajstić information content (AvgIpc) is 2.22. The Balaban J connectivity index is 2.07. The molecule has 2 rings (SSSR count). The zero-order valence-corrected chi connectivity index (χ0v) is 10.8. The van der Waals surface area contributed by atoms with E-state index in [1.165, 1.54) is 0 Å². The van der Waals surface area contributed by atoms with Crippen molar-refractivity contribution in [2.24, 2.45) is 11.3 Å². The molecular formula is C13H20N2O2. The van der Waals surface area contributed by atoms with Gasteiger partial charge in [0.05, 0.1) is 18.3 Å². The van der Waals surface area contributed by atoms with Crippen LogP contribution in [0.4, 0.5) is 0 Å². The number of morpholine rings is 1. The van der Waals surface area contributed by atoms with Gasteiger partial charge in [-0.25, -0.2) is 0 Å². The number of hydrogen-bond acceptors (Lipinski definition) is 3.